The predicted molar refractivity (Wildman–Crippen MR) is 101 cm³/mol. The summed E-state index contributed by atoms with van der Waals surface area (Å²) in [5.41, 5.74) is 9.03. The molecule has 5 unspecified atom stereocenters. The lowest BCUT2D eigenvalue weighted by atomic mass is 9.45. The molecule has 3 rings (SSSR count). The van der Waals surface area contributed by atoms with Crippen molar-refractivity contribution < 1.29 is 4.74 Å². The highest BCUT2D eigenvalue weighted by molar-refractivity contribution is 5.28. The summed E-state index contributed by atoms with van der Waals surface area (Å²) >= 11 is 0. The van der Waals surface area contributed by atoms with Crippen molar-refractivity contribution in [3.05, 3.63) is 29.8 Å². The Balaban J connectivity index is 1.91. The zero-order valence-corrected chi connectivity index (χ0v) is 16.1. The monoisotopic (exact) mass is 329 g/mol. The smallest absolute Gasteiger partial charge is 0.118 e. The number of nitrogens with two attached hydrogens (primary N) is 1. The molecule has 1 aromatic rings. The number of methoxy groups -OCH3 is 1. The molecule has 2 N–H and O–H groups in total. The lowest BCUT2D eigenvalue weighted by Gasteiger charge is -2.60. The van der Waals surface area contributed by atoms with Gasteiger partial charge in [-0.2, -0.15) is 0 Å². The Bertz CT molecular complexity index is 564. The maximum absolute atomic E-state index is 6.79. The van der Waals surface area contributed by atoms with Crippen LogP contribution in [-0.2, 0) is 6.42 Å². The summed E-state index contributed by atoms with van der Waals surface area (Å²) < 4.78 is 5.31. The van der Waals surface area contributed by atoms with E-state index in [1.54, 1.807) is 7.11 Å². The minimum Gasteiger partial charge on any atom is -0.497 e. The number of rotatable bonds is 3. The van der Waals surface area contributed by atoms with Gasteiger partial charge in [-0.25, -0.2) is 0 Å². The highest BCUT2D eigenvalue weighted by Crippen LogP contribution is 2.60. The molecular weight excluding hydrogens is 294 g/mol. The van der Waals surface area contributed by atoms with Gasteiger partial charge in [0, 0.05) is 6.04 Å². The van der Waals surface area contributed by atoms with Gasteiger partial charge in [0.1, 0.15) is 5.75 Å². The van der Waals surface area contributed by atoms with E-state index in [0.717, 1.165) is 12.2 Å². The van der Waals surface area contributed by atoms with Crippen LogP contribution in [0.1, 0.15) is 58.9 Å². The van der Waals surface area contributed by atoms with Gasteiger partial charge >= 0.3 is 0 Å². The maximum atomic E-state index is 6.79. The molecule has 2 fully saturated rings. The summed E-state index contributed by atoms with van der Waals surface area (Å²) in [7, 11) is 1.73. The van der Waals surface area contributed by atoms with Crippen molar-refractivity contribution in [2.75, 3.05) is 7.11 Å². The van der Waals surface area contributed by atoms with Crippen LogP contribution >= 0.6 is 0 Å². The number of ether oxygens (including phenoxy) is 1. The third-order valence-electron chi connectivity index (χ3n) is 7.16. The average molecular weight is 330 g/mol. The number of hydrogen-bond donors (Lipinski definition) is 1. The van der Waals surface area contributed by atoms with Crippen LogP contribution < -0.4 is 10.5 Å². The van der Waals surface area contributed by atoms with E-state index >= 15 is 0 Å². The molecule has 0 aliphatic heterocycles. The van der Waals surface area contributed by atoms with E-state index in [1.807, 2.05) is 0 Å². The molecule has 5 atom stereocenters. The van der Waals surface area contributed by atoms with Gasteiger partial charge in [-0.3, -0.25) is 0 Å². The fraction of sp³-hybridized carbons (Fsp3) is 0.727. The standard InChI is InChI=1S/C22H35NO/c1-15-14-22(4)12-6-11-21(2,3)20(22)18(19(15)23)13-16-7-9-17(24-5)10-8-16/h7-10,15,18-20H,6,11-14,23H2,1-5H3. The first-order chi connectivity index (χ1) is 11.3. The second-order valence-corrected chi connectivity index (χ2v) is 9.45. The Hall–Kier alpha value is -1.02. The zero-order chi connectivity index (χ0) is 17.5. The van der Waals surface area contributed by atoms with E-state index in [2.05, 4.69) is 52.0 Å². The first-order valence-corrected chi connectivity index (χ1v) is 9.65. The Morgan fingerprint density at radius 1 is 1.12 bits per heavy atom. The van der Waals surface area contributed by atoms with Crippen molar-refractivity contribution >= 4 is 0 Å². The highest BCUT2D eigenvalue weighted by Gasteiger charge is 2.55. The van der Waals surface area contributed by atoms with Crippen molar-refractivity contribution in [2.24, 2.45) is 34.3 Å². The largest absolute Gasteiger partial charge is 0.497 e. The minimum atomic E-state index is 0.308. The molecule has 2 aliphatic carbocycles. The Morgan fingerprint density at radius 2 is 1.79 bits per heavy atom. The van der Waals surface area contributed by atoms with Gasteiger partial charge in [-0.05, 0) is 72.0 Å². The third kappa shape index (κ3) is 3.10. The first kappa shape index (κ1) is 17.8. The van der Waals surface area contributed by atoms with Crippen LogP contribution in [0.3, 0.4) is 0 Å². The molecule has 2 nitrogen and oxygen atoms in total. The van der Waals surface area contributed by atoms with E-state index in [-0.39, 0.29) is 0 Å². The van der Waals surface area contributed by atoms with Crippen LogP contribution in [0.4, 0.5) is 0 Å². The lowest BCUT2D eigenvalue weighted by Crippen LogP contribution is -2.58. The number of fused-ring (bicyclic) bond motifs is 1. The predicted octanol–water partition coefficient (Wildman–Crippen LogP) is 5.05. The Kier molecular flexibility index (Phi) is 4.72. The van der Waals surface area contributed by atoms with Gasteiger partial charge in [0.15, 0.2) is 0 Å². The fourth-order valence-electron chi connectivity index (χ4n) is 6.33. The minimum absolute atomic E-state index is 0.308. The van der Waals surface area contributed by atoms with Gasteiger partial charge in [0.2, 0.25) is 0 Å². The Labute approximate surface area is 148 Å². The first-order valence-electron chi connectivity index (χ1n) is 9.65. The van der Waals surface area contributed by atoms with Crippen LogP contribution in [0.5, 0.6) is 5.75 Å². The molecule has 2 saturated carbocycles. The zero-order valence-electron chi connectivity index (χ0n) is 16.1. The van der Waals surface area contributed by atoms with Crippen LogP contribution in [0, 0.1) is 28.6 Å². The summed E-state index contributed by atoms with van der Waals surface area (Å²) in [5, 5.41) is 0. The Morgan fingerprint density at radius 3 is 2.42 bits per heavy atom. The molecule has 0 amide bonds. The van der Waals surface area contributed by atoms with Gasteiger partial charge in [-0.15, -0.1) is 0 Å². The summed E-state index contributed by atoms with van der Waals surface area (Å²) in [6.45, 7) is 9.88. The number of hydrogen-bond acceptors (Lipinski definition) is 2. The van der Waals surface area contributed by atoms with Gasteiger partial charge < -0.3 is 10.5 Å². The summed E-state index contributed by atoms with van der Waals surface area (Å²) in [6, 6.07) is 8.91. The molecule has 1 aromatic carbocycles. The topological polar surface area (TPSA) is 35.2 Å². The summed E-state index contributed by atoms with van der Waals surface area (Å²) in [5.74, 6) is 2.83. The quantitative estimate of drug-likeness (QED) is 0.842. The third-order valence-corrected chi connectivity index (χ3v) is 7.16. The maximum Gasteiger partial charge on any atom is 0.118 e. The molecule has 2 heteroatoms. The van der Waals surface area contributed by atoms with E-state index in [0.29, 0.717) is 34.6 Å². The van der Waals surface area contributed by atoms with Crippen molar-refractivity contribution in [1.29, 1.82) is 0 Å². The van der Waals surface area contributed by atoms with E-state index in [1.165, 1.54) is 31.2 Å². The second-order valence-electron chi connectivity index (χ2n) is 9.45. The normalized spacial score (nSPS) is 38.4. The SMILES string of the molecule is COc1ccc(CC2C(N)C(C)CC3(C)CCCC(C)(C)C23)cc1. The molecule has 0 heterocycles. The molecule has 2 aliphatic rings. The van der Waals surface area contributed by atoms with Crippen molar-refractivity contribution in [3.63, 3.8) is 0 Å². The molecule has 0 spiro atoms. The lowest BCUT2D eigenvalue weighted by molar-refractivity contribution is -0.0948. The van der Waals surface area contributed by atoms with Gasteiger partial charge in [0.25, 0.3) is 0 Å². The number of benzene rings is 1. The molecule has 134 valence electrons. The van der Waals surface area contributed by atoms with Gasteiger partial charge in [0.05, 0.1) is 7.11 Å². The van der Waals surface area contributed by atoms with E-state index in [4.69, 9.17) is 10.5 Å². The van der Waals surface area contributed by atoms with Crippen molar-refractivity contribution in [1.82, 2.24) is 0 Å². The van der Waals surface area contributed by atoms with Crippen molar-refractivity contribution in [3.8, 4) is 5.75 Å². The van der Waals surface area contributed by atoms with Crippen LogP contribution in [0.25, 0.3) is 0 Å². The van der Waals surface area contributed by atoms with Crippen LogP contribution in [-0.4, -0.2) is 13.2 Å². The van der Waals surface area contributed by atoms with E-state index < -0.39 is 0 Å². The van der Waals surface area contributed by atoms with E-state index in [9.17, 15) is 0 Å². The fourth-order valence-corrected chi connectivity index (χ4v) is 6.33. The molecule has 0 saturated heterocycles. The molecule has 0 aromatic heterocycles. The molecule has 24 heavy (non-hydrogen) atoms. The summed E-state index contributed by atoms with van der Waals surface area (Å²) in [6.07, 6.45) is 6.47. The second kappa shape index (κ2) is 6.37. The highest BCUT2D eigenvalue weighted by atomic mass is 16.5. The molecule has 0 radical (unpaired) electrons. The molecular formula is C22H35NO. The van der Waals surface area contributed by atoms with Crippen LogP contribution in [0.15, 0.2) is 24.3 Å². The van der Waals surface area contributed by atoms with Crippen molar-refractivity contribution in [2.45, 2.75) is 65.8 Å². The van der Waals surface area contributed by atoms with Gasteiger partial charge in [-0.1, -0.05) is 46.2 Å². The van der Waals surface area contributed by atoms with Crippen LogP contribution in [0.2, 0.25) is 0 Å². The summed E-state index contributed by atoms with van der Waals surface area (Å²) in [4.78, 5) is 0. The average Bonchev–Trinajstić information content (AvgIpc) is 2.51. The molecule has 0 bridgehead atoms.